The summed E-state index contributed by atoms with van der Waals surface area (Å²) in [7, 11) is 4.00. The van der Waals surface area contributed by atoms with Gasteiger partial charge in [0.15, 0.2) is 0 Å². The molecule has 0 spiro atoms. The summed E-state index contributed by atoms with van der Waals surface area (Å²) in [4.78, 5) is 16.5. The zero-order valence-electron chi connectivity index (χ0n) is 11.9. The SMILES string of the molecule is CN(C)CCN1C(=O)C(CC#N)NCCC1(C)C. The van der Waals surface area contributed by atoms with Gasteiger partial charge in [-0.25, -0.2) is 0 Å². The van der Waals surface area contributed by atoms with E-state index in [1.54, 1.807) is 0 Å². The van der Waals surface area contributed by atoms with Gasteiger partial charge in [0.1, 0.15) is 0 Å². The number of likely N-dealkylation sites (N-methyl/N-ethyl adjacent to an activating group) is 1. The zero-order valence-corrected chi connectivity index (χ0v) is 11.9. The van der Waals surface area contributed by atoms with Crippen LogP contribution in [0.5, 0.6) is 0 Å². The van der Waals surface area contributed by atoms with E-state index in [2.05, 4.69) is 30.1 Å². The lowest BCUT2D eigenvalue weighted by molar-refractivity contribution is -0.137. The Kier molecular flexibility index (Phi) is 5.12. The third kappa shape index (κ3) is 3.69. The van der Waals surface area contributed by atoms with Gasteiger partial charge in [-0.05, 0) is 40.9 Å². The molecule has 1 heterocycles. The third-order valence-electron chi connectivity index (χ3n) is 3.49. The van der Waals surface area contributed by atoms with Crippen LogP contribution in [0.4, 0.5) is 0 Å². The van der Waals surface area contributed by atoms with E-state index < -0.39 is 0 Å². The van der Waals surface area contributed by atoms with Crippen molar-refractivity contribution in [2.24, 2.45) is 0 Å². The van der Waals surface area contributed by atoms with E-state index in [-0.39, 0.29) is 23.9 Å². The number of nitriles is 1. The molecule has 5 nitrogen and oxygen atoms in total. The molecule has 1 unspecified atom stereocenters. The van der Waals surface area contributed by atoms with Crippen LogP contribution in [0.25, 0.3) is 0 Å². The highest BCUT2D eigenvalue weighted by atomic mass is 16.2. The summed E-state index contributed by atoms with van der Waals surface area (Å²) in [6.07, 6.45) is 1.15. The van der Waals surface area contributed by atoms with E-state index in [1.807, 2.05) is 19.0 Å². The predicted molar refractivity (Wildman–Crippen MR) is 71.0 cm³/mol. The Labute approximate surface area is 110 Å². The van der Waals surface area contributed by atoms with Crippen LogP contribution in [-0.2, 0) is 4.79 Å². The Morgan fingerprint density at radius 2 is 2.22 bits per heavy atom. The molecule has 1 atom stereocenters. The van der Waals surface area contributed by atoms with Gasteiger partial charge in [-0.1, -0.05) is 0 Å². The number of hydrogen-bond donors (Lipinski definition) is 1. The minimum Gasteiger partial charge on any atom is -0.335 e. The number of carbonyl (C=O) groups excluding carboxylic acids is 1. The fraction of sp³-hybridized carbons (Fsp3) is 0.846. The largest absolute Gasteiger partial charge is 0.335 e. The van der Waals surface area contributed by atoms with Gasteiger partial charge in [-0.15, -0.1) is 0 Å². The Hall–Kier alpha value is -1.12. The molecule has 0 radical (unpaired) electrons. The average Bonchev–Trinajstić information content (AvgIpc) is 2.35. The molecule has 0 aromatic rings. The van der Waals surface area contributed by atoms with Gasteiger partial charge >= 0.3 is 0 Å². The van der Waals surface area contributed by atoms with Crippen LogP contribution in [0.3, 0.4) is 0 Å². The normalized spacial score (nSPS) is 23.9. The Morgan fingerprint density at radius 1 is 1.56 bits per heavy atom. The predicted octanol–water partition coefficient (Wildman–Crippen LogP) is 0.431. The molecule has 1 rings (SSSR count). The number of amides is 1. The molecule has 0 aromatic carbocycles. The fourth-order valence-electron chi connectivity index (χ4n) is 2.22. The molecular weight excluding hydrogens is 228 g/mol. The minimum absolute atomic E-state index is 0.0564. The van der Waals surface area contributed by atoms with Crippen molar-refractivity contribution in [2.45, 2.75) is 38.3 Å². The first kappa shape index (κ1) is 14.9. The Balaban J connectivity index is 2.82. The van der Waals surface area contributed by atoms with Crippen LogP contribution in [0, 0.1) is 11.3 Å². The maximum absolute atomic E-state index is 12.5. The topological polar surface area (TPSA) is 59.4 Å². The van der Waals surface area contributed by atoms with E-state index in [0.29, 0.717) is 6.54 Å². The van der Waals surface area contributed by atoms with Gasteiger partial charge in [0.2, 0.25) is 5.91 Å². The quantitative estimate of drug-likeness (QED) is 0.788. The molecule has 102 valence electrons. The molecule has 0 aromatic heterocycles. The van der Waals surface area contributed by atoms with Crippen LogP contribution in [0.1, 0.15) is 26.7 Å². The van der Waals surface area contributed by atoms with Crippen molar-refractivity contribution in [3.8, 4) is 6.07 Å². The van der Waals surface area contributed by atoms with Crippen LogP contribution >= 0.6 is 0 Å². The summed E-state index contributed by atoms with van der Waals surface area (Å²) in [5.74, 6) is 0.0564. The smallest absolute Gasteiger partial charge is 0.241 e. The van der Waals surface area contributed by atoms with Crippen LogP contribution in [-0.4, -0.2) is 61.0 Å². The summed E-state index contributed by atoms with van der Waals surface area (Å²) in [5, 5.41) is 12.0. The lowest BCUT2D eigenvalue weighted by Gasteiger charge is -2.38. The molecule has 18 heavy (non-hydrogen) atoms. The summed E-state index contributed by atoms with van der Waals surface area (Å²) in [6, 6.07) is 1.74. The Bertz CT molecular complexity index is 332. The number of rotatable bonds is 4. The summed E-state index contributed by atoms with van der Waals surface area (Å²) in [5.41, 5.74) is -0.149. The first-order valence-electron chi connectivity index (χ1n) is 6.45. The van der Waals surface area contributed by atoms with Crippen LogP contribution < -0.4 is 5.32 Å². The van der Waals surface area contributed by atoms with Gasteiger partial charge in [-0.3, -0.25) is 4.79 Å². The second-order valence-electron chi connectivity index (χ2n) is 5.72. The molecule has 1 saturated heterocycles. The van der Waals surface area contributed by atoms with Crippen molar-refractivity contribution in [3.63, 3.8) is 0 Å². The highest BCUT2D eigenvalue weighted by Gasteiger charge is 2.37. The van der Waals surface area contributed by atoms with Crippen molar-refractivity contribution < 1.29 is 4.79 Å². The molecule has 1 fully saturated rings. The highest BCUT2D eigenvalue weighted by molar-refractivity contribution is 5.83. The third-order valence-corrected chi connectivity index (χ3v) is 3.49. The maximum Gasteiger partial charge on any atom is 0.241 e. The monoisotopic (exact) mass is 252 g/mol. The number of hydrogen-bond acceptors (Lipinski definition) is 4. The van der Waals surface area contributed by atoms with Crippen molar-refractivity contribution in [3.05, 3.63) is 0 Å². The van der Waals surface area contributed by atoms with Crippen molar-refractivity contribution >= 4 is 5.91 Å². The standard InChI is InChI=1S/C13H24N4O/c1-13(2)6-8-15-11(5-7-14)12(18)17(13)10-9-16(3)4/h11,15H,5-6,8-10H2,1-4H3. The van der Waals surface area contributed by atoms with E-state index in [0.717, 1.165) is 19.5 Å². The van der Waals surface area contributed by atoms with E-state index >= 15 is 0 Å². The summed E-state index contributed by atoms with van der Waals surface area (Å²) in [6.45, 7) is 6.52. The minimum atomic E-state index is -0.348. The summed E-state index contributed by atoms with van der Waals surface area (Å²) >= 11 is 0. The van der Waals surface area contributed by atoms with Crippen LogP contribution in [0.2, 0.25) is 0 Å². The first-order chi connectivity index (χ1) is 8.38. The van der Waals surface area contributed by atoms with Crippen molar-refractivity contribution in [1.29, 1.82) is 5.26 Å². The number of carbonyl (C=O) groups is 1. The van der Waals surface area contributed by atoms with Crippen LogP contribution in [0.15, 0.2) is 0 Å². The van der Waals surface area contributed by atoms with E-state index in [1.165, 1.54) is 0 Å². The Morgan fingerprint density at radius 3 is 2.78 bits per heavy atom. The van der Waals surface area contributed by atoms with Crippen molar-refractivity contribution in [2.75, 3.05) is 33.7 Å². The molecule has 0 aliphatic carbocycles. The summed E-state index contributed by atoms with van der Waals surface area (Å²) < 4.78 is 0. The molecule has 0 bridgehead atoms. The zero-order chi connectivity index (χ0) is 13.8. The van der Waals surface area contributed by atoms with Gasteiger partial charge in [0.05, 0.1) is 18.5 Å². The number of nitrogens with zero attached hydrogens (tertiary/aromatic N) is 3. The molecule has 5 heteroatoms. The van der Waals surface area contributed by atoms with Gasteiger partial charge < -0.3 is 15.1 Å². The van der Waals surface area contributed by atoms with Crippen molar-refractivity contribution in [1.82, 2.24) is 15.1 Å². The second kappa shape index (κ2) is 6.17. The fourth-order valence-corrected chi connectivity index (χ4v) is 2.22. The first-order valence-corrected chi connectivity index (χ1v) is 6.45. The second-order valence-corrected chi connectivity index (χ2v) is 5.72. The molecule has 1 aliphatic rings. The molecule has 1 N–H and O–H groups in total. The lowest BCUT2D eigenvalue weighted by Crippen LogP contribution is -2.52. The van der Waals surface area contributed by atoms with E-state index in [9.17, 15) is 4.79 Å². The maximum atomic E-state index is 12.5. The highest BCUT2D eigenvalue weighted by Crippen LogP contribution is 2.22. The van der Waals surface area contributed by atoms with Gasteiger partial charge in [0.25, 0.3) is 0 Å². The van der Waals surface area contributed by atoms with Gasteiger partial charge in [0, 0.05) is 18.6 Å². The lowest BCUT2D eigenvalue weighted by atomic mass is 9.98. The average molecular weight is 252 g/mol. The molecular formula is C13H24N4O. The molecule has 0 saturated carbocycles. The molecule has 1 aliphatic heterocycles. The van der Waals surface area contributed by atoms with Gasteiger partial charge in [-0.2, -0.15) is 5.26 Å². The van der Waals surface area contributed by atoms with E-state index in [4.69, 9.17) is 5.26 Å². The number of nitrogens with one attached hydrogen (secondary N) is 1. The molecule has 1 amide bonds.